The average molecular weight is 441 g/mol. The topological polar surface area (TPSA) is 66.9 Å². The summed E-state index contributed by atoms with van der Waals surface area (Å²) in [6.07, 6.45) is 0. The predicted molar refractivity (Wildman–Crippen MR) is 109 cm³/mol. The first-order valence-corrected chi connectivity index (χ1v) is 11.2. The lowest BCUT2D eigenvalue weighted by atomic mass is 10.1. The standard InChI is InChI=1S/C20H22ClFN2O4S/c1-28-16-3-2-4-17(14-16)29(26,27)12-11-23-7-9-24(10-8-23)20(25)18-6-5-15(22)13-19(18)21/h2-6,13-14H,7-12H2,1H3. The van der Waals surface area contributed by atoms with Crippen molar-refractivity contribution in [2.45, 2.75) is 4.90 Å². The number of nitrogens with zero attached hydrogens (tertiary/aromatic N) is 2. The average Bonchev–Trinajstić information content (AvgIpc) is 2.72. The van der Waals surface area contributed by atoms with Gasteiger partial charge >= 0.3 is 0 Å². The fraction of sp³-hybridized carbons (Fsp3) is 0.350. The second-order valence-electron chi connectivity index (χ2n) is 6.76. The van der Waals surface area contributed by atoms with Crippen molar-refractivity contribution in [1.29, 1.82) is 0 Å². The van der Waals surface area contributed by atoms with E-state index in [4.69, 9.17) is 16.3 Å². The Morgan fingerprint density at radius 2 is 1.86 bits per heavy atom. The molecule has 3 rings (SSSR count). The van der Waals surface area contributed by atoms with Crippen LogP contribution in [0.2, 0.25) is 5.02 Å². The third-order valence-corrected chi connectivity index (χ3v) is 6.90. The molecule has 1 saturated heterocycles. The van der Waals surface area contributed by atoms with E-state index in [0.717, 1.165) is 6.07 Å². The second kappa shape index (κ2) is 9.11. The lowest BCUT2D eigenvalue weighted by Crippen LogP contribution is -2.49. The summed E-state index contributed by atoms with van der Waals surface area (Å²) in [4.78, 5) is 16.5. The number of piperazine rings is 1. The molecule has 29 heavy (non-hydrogen) atoms. The number of hydrogen-bond donors (Lipinski definition) is 0. The largest absolute Gasteiger partial charge is 0.497 e. The van der Waals surface area contributed by atoms with Crippen molar-refractivity contribution in [2.24, 2.45) is 0 Å². The van der Waals surface area contributed by atoms with Crippen LogP contribution >= 0.6 is 11.6 Å². The van der Waals surface area contributed by atoms with Gasteiger partial charge in [-0.1, -0.05) is 17.7 Å². The number of hydrogen-bond acceptors (Lipinski definition) is 5. The first-order valence-electron chi connectivity index (χ1n) is 9.13. The molecular formula is C20H22ClFN2O4S. The van der Waals surface area contributed by atoms with Crippen molar-refractivity contribution >= 4 is 27.3 Å². The first-order chi connectivity index (χ1) is 13.8. The van der Waals surface area contributed by atoms with Crippen LogP contribution in [-0.2, 0) is 9.84 Å². The Hall–Kier alpha value is -2.16. The number of benzene rings is 2. The molecule has 0 bridgehead atoms. The number of amides is 1. The van der Waals surface area contributed by atoms with Gasteiger partial charge in [0.1, 0.15) is 11.6 Å². The van der Waals surface area contributed by atoms with Gasteiger partial charge in [0.15, 0.2) is 9.84 Å². The molecule has 0 spiro atoms. The van der Waals surface area contributed by atoms with Crippen LogP contribution in [0, 0.1) is 5.82 Å². The van der Waals surface area contributed by atoms with Crippen LogP contribution in [0.1, 0.15) is 10.4 Å². The summed E-state index contributed by atoms with van der Waals surface area (Å²) in [7, 11) is -1.94. The zero-order valence-electron chi connectivity index (χ0n) is 16.0. The summed E-state index contributed by atoms with van der Waals surface area (Å²) in [5.41, 5.74) is 0.266. The second-order valence-corrected chi connectivity index (χ2v) is 9.27. The number of ether oxygens (including phenoxy) is 1. The van der Waals surface area contributed by atoms with Crippen molar-refractivity contribution in [3.63, 3.8) is 0 Å². The quantitative estimate of drug-likeness (QED) is 0.691. The van der Waals surface area contributed by atoms with Crippen molar-refractivity contribution in [3.05, 3.63) is 58.9 Å². The van der Waals surface area contributed by atoms with E-state index in [1.807, 2.05) is 4.90 Å². The zero-order chi connectivity index (χ0) is 21.0. The van der Waals surface area contributed by atoms with Gasteiger partial charge in [0.05, 0.1) is 28.3 Å². The Morgan fingerprint density at radius 3 is 2.52 bits per heavy atom. The van der Waals surface area contributed by atoms with E-state index in [2.05, 4.69) is 0 Å². The van der Waals surface area contributed by atoms with Gasteiger partial charge in [-0.15, -0.1) is 0 Å². The molecule has 1 amide bonds. The SMILES string of the molecule is COc1cccc(S(=O)(=O)CCN2CCN(C(=O)c3ccc(F)cc3Cl)CC2)c1. The molecule has 1 fully saturated rings. The van der Waals surface area contributed by atoms with Crippen molar-refractivity contribution in [3.8, 4) is 5.75 Å². The smallest absolute Gasteiger partial charge is 0.255 e. The van der Waals surface area contributed by atoms with Crippen molar-refractivity contribution in [2.75, 3.05) is 45.6 Å². The van der Waals surface area contributed by atoms with Crippen LogP contribution in [0.25, 0.3) is 0 Å². The highest BCUT2D eigenvalue weighted by atomic mass is 35.5. The predicted octanol–water partition coefficient (Wildman–Crippen LogP) is 2.72. The van der Waals surface area contributed by atoms with E-state index < -0.39 is 15.7 Å². The minimum atomic E-state index is -3.43. The molecule has 0 atom stereocenters. The molecule has 0 aromatic heterocycles. The van der Waals surface area contributed by atoms with Gasteiger partial charge in [-0.3, -0.25) is 9.69 Å². The Bertz CT molecular complexity index is 992. The third kappa shape index (κ3) is 5.26. The van der Waals surface area contributed by atoms with E-state index in [1.54, 1.807) is 23.1 Å². The maximum atomic E-state index is 13.2. The number of methoxy groups -OCH3 is 1. The van der Waals surface area contributed by atoms with Crippen molar-refractivity contribution in [1.82, 2.24) is 9.80 Å². The van der Waals surface area contributed by atoms with Crippen LogP contribution in [0.5, 0.6) is 5.75 Å². The molecule has 2 aromatic carbocycles. The maximum Gasteiger partial charge on any atom is 0.255 e. The van der Waals surface area contributed by atoms with Crippen LogP contribution in [-0.4, -0.2) is 69.7 Å². The van der Waals surface area contributed by atoms with Gasteiger partial charge in [0.25, 0.3) is 5.91 Å². The van der Waals surface area contributed by atoms with Gasteiger partial charge < -0.3 is 9.64 Å². The molecule has 0 N–H and O–H groups in total. The van der Waals surface area contributed by atoms with Crippen molar-refractivity contribution < 1.29 is 22.3 Å². The highest BCUT2D eigenvalue weighted by molar-refractivity contribution is 7.91. The van der Waals surface area contributed by atoms with Crippen LogP contribution in [0.4, 0.5) is 4.39 Å². The highest BCUT2D eigenvalue weighted by Gasteiger charge is 2.25. The minimum Gasteiger partial charge on any atom is -0.497 e. The molecule has 0 radical (unpaired) electrons. The van der Waals surface area contributed by atoms with Crippen LogP contribution < -0.4 is 4.74 Å². The normalized spacial score (nSPS) is 15.3. The van der Waals surface area contributed by atoms with E-state index >= 15 is 0 Å². The fourth-order valence-electron chi connectivity index (χ4n) is 3.17. The van der Waals surface area contributed by atoms with Crippen LogP contribution in [0.3, 0.4) is 0 Å². The molecule has 0 saturated carbocycles. The van der Waals surface area contributed by atoms with Gasteiger partial charge in [-0.2, -0.15) is 0 Å². The van der Waals surface area contributed by atoms with Gasteiger partial charge in [-0.25, -0.2) is 12.8 Å². The van der Waals surface area contributed by atoms with E-state index in [-0.39, 0.29) is 27.1 Å². The lowest BCUT2D eigenvalue weighted by molar-refractivity contribution is 0.0644. The summed E-state index contributed by atoms with van der Waals surface area (Å²) in [5, 5.41) is 0.0850. The van der Waals surface area contributed by atoms with Crippen LogP contribution in [0.15, 0.2) is 47.4 Å². The fourth-order valence-corrected chi connectivity index (χ4v) is 4.73. The summed E-state index contributed by atoms with van der Waals surface area (Å²) < 4.78 is 43.4. The molecule has 2 aromatic rings. The Morgan fingerprint density at radius 1 is 1.14 bits per heavy atom. The van der Waals surface area contributed by atoms with Gasteiger partial charge in [0.2, 0.25) is 0 Å². The monoisotopic (exact) mass is 440 g/mol. The molecule has 0 aliphatic carbocycles. The maximum absolute atomic E-state index is 13.2. The molecule has 0 unspecified atom stereocenters. The molecular weight excluding hydrogens is 419 g/mol. The number of carbonyl (C=O) groups is 1. The number of halogens is 2. The summed E-state index contributed by atoms with van der Waals surface area (Å²) in [6.45, 7) is 2.38. The molecule has 1 heterocycles. The summed E-state index contributed by atoms with van der Waals surface area (Å²) in [6, 6.07) is 10.1. The number of carbonyl (C=O) groups excluding carboxylic acids is 1. The Labute approximate surface area is 174 Å². The minimum absolute atomic E-state index is 0.0160. The first kappa shape index (κ1) is 21.5. The molecule has 1 aliphatic heterocycles. The summed E-state index contributed by atoms with van der Waals surface area (Å²) in [5.74, 6) is -0.261. The van der Waals surface area contributed by atoms with E-state index in [9.17, 15) is 17.6 Å². The van der Waals surface area contributed by atoms with E-state index in [1.165, 1.54) is 25.3 Å². The van der Waals surface area contributed by atoms with Gasteiger partial charge in [-0.05, 0) is 36.4 Å². The summed E-state index contributed by atoms with van der Waals surface area (Å²) >= 11 is 5.98. The molecule has 6 nitrogen and oxygen atoms in total. The van der Waals surface area contributed by atoms with Gasteiger partial charge in [0, 0.05) is 32.7 Å². The Kier molecular flexibility index (Phi) is 6.77. The molecule has 156 valence electrons. The highest BCUT2D eigenvalue weighted by Crippen LogP contribution is 2.21. The number of rotatable bonds is 6. The molecule has 1 aliphatic rings. The Balaban J connectivity index is 1.55. The molecule has 9 heteroatoms. The number of sulfone groups is 1. The zero-order valence-corrected chi connectivity index (χ0v) is 17.5. The van der Waals surface area contributed by atoms with E-state index in [0.29, 0.717) is 38.5 Å². The third-order valence-electron chi connectivity index (χ3n) is 4.90. The lowest BCUT2D eigenvalue weighted by Gasteiger charge is -2.34.